The average Bonchev–Trinajstić information content (AvgIpc) is 2.65. The zero-order chi connectivity index (χ0) is 14.1. The Morgan fingerprint density at radius 1 is 1.45 bits per heavy atom. The SMILES string of the molecule is C=CCOCc1oc2ccc(Cl)c3c2c1CN(C)CC3. The van der Waals surface area contributed by atoms with Crippen molar-refractivity contribution in [3.05, 3.63) is 46.7 Å². The first-order valence-electron chi connectivity index (χ1n) is 6.79. The number of halogens is 1. The molecule has 1 aromatic heterocycles. The van der Waals surface area contributed by atoms with Gasteiger partial charge in [-0.3, -0.25) is 0 Å². The van der Waals surface area contributed by atoms with E-state index in [0.29, 0.717) is 13.2 Å². The molecule has 0 amide bonds. The summed E-state index contributed by atoms with van der Waals surface area (Å²) in [4.78, 5) is 2.29. The number of nitrogens with zero attached hydrogens (tertiary/aromatic N) is 1. The smallest absolute Gasteiger partial charge is 0.135 e. The fourth-order valence-corrected chi connectivity index (χ4v) is 3.02. The number of hydrogen-bond donors (Lipinski definition) is 0. The van der Waals surface area contributed by atoms with E-state index >= 15 is 0 Å². The summed E-state index contributed by atoms with van der Waals surface area (Å²) < 4.78 is 11.5. The van der Waals surface area contributed by atoms with Crippen molar-refractivity contribution < 1.29 is 9.15 Å². The largest absolute Gasteiger partial charge is 0.458 e. The topological polar surface area (TPSA) is 25.6 Å². The van der Waals surface area contributed by atoms with Gasteiger partial charge in [-0.15, -0.1) is 6.58 Å². The Hall–Kier alpha value is -1.29. The molecule has 2 aromatic rings. The lowest BCUT2D eigenvalue weighted by atomic mass is 10.0. The lowest BCUT2D eigenvalue weighted by Gasteiger charge is -2.13. The molecule has 20 heavy (non-hydrogen) atoms. The van der Waals surface area contributed by atoms with Crippen LogP contribution in [0.2, 0.25) is 5.02 Å². The fourth-order valence-electron chi connectivity index (χ4n) is 2.77. The molecule has 1 aliphatic rings. The van der Waals surface area contributed by atoms with E-state index < -0.39 is 0 Å². The molecule has 2 heterocycles. The first-order valence-corrected chi connectivity index (χ1v) is 7.17. The highest BCUT2D eigenvalue weighted by molar-refractivity contribution is 6.32. The van der Waals surface area contributed by atoms with Crippen LogP contribution in [0.1, 0.15) is 16.9 Å². The van der Waals surface area contributed by atoms with Crippen LogP contribution in [0.5, 0.6) is 0 Å². The van der Waals surface area contributed by atoms with Crippen molar-refractivity contribution in [1.29, 1.82) is 0 Å². The number of likely N-dealkylation sites (N-methyl/N-ethyl adjacent to an activating group) is 1. The van der Waals surface area contributed by atoms with Crippen molar-refractivity contribution in [2.45, 2.75) is 19.6 Å². The molecule has 0 saturated heterocycles. The molecule has 3 rings (SSSR count). The van der Waals surface area contributed by atoms with Gasteiger partial charge >= 0.3 is 0 Å². The van der Waals surface area contributed by atoms with Crippen LogP contribution < -0.4 is 0 Å². The Morgan fingerprint density at radius 3 is 3.10 bits per heavy atom. The van der Waals surface area contributed by atoms with Crippen LogP contribution in [0.3, 0.4) is 0 Å². The highest BCUT2D eigenvalue weighted by Gasteiger charge is 2.23. The van der Waals surface area contributed by atoms with E-state index in [1.165, 1.54) is 16.5 Å². The summed E-state index contributed by atoms with van der Waals surface area (Å²) in [5.41, 5.74) is 3.32. The molecule has 0 unspecified atom stereocenters. The average molecular weight is 292 g/mol. The summed E-state index contributed by atoms with van der Waals surface area (Å²) in [6.07, 6.45) is 2.70. The third-order valence-corrected chi connectivity index (χ3v) is 4.08. The van der Waals surface area contributed by atoms with Crippen LogP contribution >= 0.6 is 11.6 Å². The third-order valence-electron chi connectivity index (χ3n) is 3.73. The van der Waals surface area contributed by atoms with E-state index in [1.54, 1.807) is 6.08 Å². The summed E-state index contributed by atoms with van der Waals surface area (Å²) in [5.74, 6) is 0.902. The Labute approximate surface area is 123 Å². The van der Waals surface area contributed by atoms with E-state index in [1.807, 2.05) is 12.1 Å². The molecule has 0 atom stereocenters. The number of benzene rings is 1. The van der Waals surface area contributed by atoms with Gasteiger partial charge in [0.15, 0.2) is 0 Å². The summed E-state index contributed by atoms with van der Waals surface area (Å²) in [6.45, 7) is 6.53. The third kappa shape index (κ3) is 2.37. The quantitative estimate of drug-likeness (QED) is 0.633. The van der Waals surface area contributed by atoms with E-state index in [0.717, 1.165) is 35.9 Å². The van der Waals surface area contributed by atoms with Gasteiger partial charge in [0.05, 0.1) is 6.61 Å². The molecule has 106 valence electrons. The number of ether oxygens (including phenoxy) is 1. The van der Waals surface area contributed by atoms with Gasteiger partial charge in [0, 0.05) is 29.1 Å². The van der Waals surface area contributed by atoms with Crippen molar-refractivity contribution in [1.82, 2.24) is 4.90 Å². The van der Waals surface area contributed by atoms with Gasteiger partial charge in [-0.25, -0.2) is 0 Å². The lowest BCUT2D eigenvalue weighted by Crippen LogP contribution is -2.19. The van der Waals surface area contributed by atoms with Gasteiger partial charge in [0.2, 0.25) is 0 Å². The second-order valence-electron chi connectivity index (χ2n) is 5.19. The molecule has 4 heteroatoms. The van der Waals surface area contributed by atoms with Crippen molar-refractivity contribution >= 4 is 22.6 Å². The molecule has 0 fully saturated rings. The monoisotopic (exact) mass is 291 g/mol. The standard InChI is InChI=1S/C16H18ClNO2/c1-3-8-19-10-15-12-9-18(2)7-6-11-13(17)4-5-14(20-15)16(11)12/h3-5H,1,6-10H2,2H3. The minimum Gasteiger partial charge on any atom is -0.458 e. The Morgan fingerprint density at radius 2 is 2.30 bits per heavy atom. The Balaban J connectivity index is 2.10. The summed E-state index contributed by atoms with van der Waals surface area (Å²) in [7, 11) is 2.12. The van der Waals surface area contributed by atoms with Crippen LogP contribution in [-0.2, 0) is 24.3 Å². The van der Waals surface area contributed by atoms with E-state index in [-0.39, 0.29) is 0 Å². The molecular formula is C16H18ClNO2. The molecule has 1 aromatic carbocycles. The van der Waals surface area contributed by atoms with Crippen LogP contribution in [0.4, 0.5) is 0 Å². The number of rotatable bonds is 4. The predicted octanol–water partition coefficient (Wildman–Crippen LogP) is 3.78. The van der Waals surface area contributed by atoms with Crippen LogP contribution in [0, 0.1) is 0 Å². The summed E-state index contributed by atoms with van der Waals surface area (Å²) in [6, 6.07) is 3.87. The minimum absolute atomic E-state index is 0.473. The molecule has 3 nitrogen and oxygen atoms in total. The van der Waals surface area contributed by atoms with Crippen molar-refractivity contribution in [2.75, 3.05) is 20.2 Å². The van der Waals surface area contributed by atoms with Gasteiger partial charge in [-0.1, -0.05) is 17.7 Å². The van der Waals surface area contributed by atoms with E-state index in [2.05, 4.69) is 18.5 Å². The van der Waals surface area contributed by atoms with Gasteiger partial charge in [0.25, 0.3) is 0 Å². The van der Waals surface area contributed by atoms with Crippen molar-refractivity contribution in [2.24, 2.45) is 0 Å². The molecule has 1 aliphatic heterocycles. The van der Waals surface area contributed by atoms with Gasteiger partial charge in [-0.2, -0.15) is 0 Å². The normalized spacial score (nSPS) is 15.5. The summed E-state index contributed by atoms with van der Waals surface area (Å²) in [5, 5.41) is 2.01. The van der Waals surface area contributed by atoms with Crippen molar-refractivity contribution in [3.8, 4) is 0 Å². The molecule has 0 aliphatic carbocycles. The minimum atomic E-state index is 0.473. The maximum atomic E-state index is 6.36. The molecule has 0 saturated carbocycles. The first kappa shape index (κ1) is 13.7. The second kappa shape index (κ2) is 5.60. The maximum absolute atomic E-state index is 6.36. The molecular weight excluding hydrogens is 274 g/mol. The van der Waals surface area contributed by atoms with Crippen LogP contribution in [-0.4, -0.2) is 25.1 Å². The summed E-state index contributed by atoms with van der Waals surface area (Å²) >= 11 is 6.36. The molecule has 0 spiro atoms. The van der Waals surface area contributed by atoms with Crippen LogP contribution in [0.25, 0.3) is 11.0 Å². The van der Waals surface area contributed by atoms with Gasteiger partial charge < -0.3 is 14.1 Å². The fraction of sp³-hybridized carbons (Fsp3) is 0.375. The van der Waals surface area contributed by atoms with Gasteiger partial charge in [-0.05, 0) is 31.2 Å². The first-order chi connectivity index (χ1) is 9.70. The highest BCUT2D eigenvalue weighted by atomic mass is 35.5. The molecule has 0 radical (unpaired) electrons. The van der Waals surface area contributed by atoms with E-state index in [4.69, 9.17) is 20.8 Å². The van der Waals surface area contributed by atoms with E-state index in [9.17, 15) is 0 Å². The molecule has 0 N–H and O–H groups in total. The zero-order valence-electron chi connectivity index (χ0n) is 11.6. The van der Waals surface area contributed by atoms with Crippen molar-refractivity contribution in [3.63, 3.8) is 0 Å². The Kier molecular flexibility index (Phi) is 3.83. The Bertz CT molecular complexity index is 647. The number of furan rings is 1. The highest BCUT2D eigenvalue weighted by Crippen LogP contribution is 2.36. The zero-order valence-corrected chi connectivity index (χ0v) is 12.4. The second-order valence-corrected chi connectivity index (χ2v) is 5.60. The molecule has 0 bridgehead atoms. The lowest BCUT2D eigenvalue weighted by molar-refractivity contribution is 0.131. The predicted molar refractivity (Wildman–Crippen MR) is 81.1 cm³/mol. The van der Waals surface area contributed by atoms with Gasteiger partial charge in [0.1, 0.15) is 18.0 Å². The van der Waals surface area contributed by atoms with Crippen LogP contribution in [0.15, 0.2) is 29.2 Å². The maximum Gasteiger partial charge on any atom is 0.135 e. The number of hydrogen-bond acceptors (Lipinski definition) is 3.